The molecule has 7 nitrogen and oxygen atoms in total. The molecule has 168 valence electrons. The number of hydrazone groups is 1. The van der Waals surface area contributed by atoms with Gasteiger partial charge in [-0.3, -0.25) is 4.79 Å². The van der Waals surface area contributed by atoms with Gasteiger partial charge in [0, 0.05) is 11.6 Å². The van der Waals surface area contributed by atoms with Gasteiger partial charge < -0.3 is 4.42 Å². The molecule has 1 aromatic heterocycles. The highest BCUT2D eigenvalue weighted by Crippen LogP contribution is 2.26. The summed E-state index contributed by atoms with van der Waals surface area (Å²) in [5.74, 6) is -0.116. The lowest BCUT2D eigenvalue weighted by Gasteiger charge is -2.24. The van der Waals surface area contributed by atoms with E-state index in [1.54, 1.807) is 50.2 Å². The maximum absolute atomic E-state index is 13.6. The monoisotopic (exact) mass is 473 g/mol. The highest BCUT2D eigenvalue weighted by molar-refractivity contribution is 7.89. The molecule has 0 atom stereocenters. The van der Waals surface area contributed by atoms with Crippen LogP contribution >= 0.6 is 11.6 Å². The Balaban J connectivity index is 1.89. The van der Waals surface area contributed by atoms with Gasteiger partial charge >= 0.3 is 0 Å². The number of sulfonamides is 1. The summed E-state index contributed by atoms with van der Waals surface area (Å²) in [6, 6.07) is 13.8. The Hall–Kier alpha value is -2.94. The summed E-state index contributed by atoms with van der Waals surface area (Å²) in [6.45, 7) is 5.00. The Labute approximate surface area is 192 Å². The number of halogens is 1. The van der Waals surface area contributed by atoms with Crippen LogP contribution in [0.25, 0.3) is 0 Å². The van der Waals surface area contributed by atoms with Crippen molar-refractivity contribution in [2.24, 2.45) is 5.10 Å². The number of carbonyl (C=O) groups is 1. The summed E-state index contributed by atoms with van der Waals surface area (Å²) < 4.78 is 33.5. The second-order valence-corrected chi connectivity index (χ2v) is 9.75. The maximum atomic E-state index is 13.6. The zero-order chi connectivity index (χ0) is 23.3. The lowest BCUT2D eigenvalue weighted by molar-refractivity contribution is -0.121. The van der Waals surface area contributed by atoms with Crippen LogP contribution in [0.1, 0.15) is 28.0 Å². The first kappa shape index (κ1) is 23.7. The maximum Gasteiger partial charge on any atom is 0.255 e. The van der Waals surface area contributed by atoms with Crippen molar-refractivity contribution in [2.75, 3.05) is 6.54 Å². The molecule has 0 spiro atoms. The molecule has 1 heterocycles. The Kier molecular flexibility index (Phi) is 7.50. The lowest BCUT2D eigenvalue weighted by Crippen LogP contribution is -2.39. The van der Waals surface area contributed by atoms with Gasteiger partial charge in [0.1, 0.15) is 5.76 Å². The van der Waals surface area contributed by atoms with E-state index in [2.05, 4.69) is 10.5 Å². The molecule has 0 radical (unpaired) electrons. The van der Waals surface area contributed by atoms with Crippen LogP contribution in [0.5, 0.6) is 0 Å². The van der Waals surface area contributed by atoms with Crippen molar-refractivity contribution in [3.63, 3.8) is 0 Å². The molecule has 1 N–H and O–H groups in total. The SMILES string of the molecule is Cc1cc(C)c(S(=O)(=O)N(CC(=O)NN=Cc2ccco2)Cc2ccc(Cl)cc2)c(C)c1. The molecule has 2 aromatic carbocycles. The number of nitrogens with zero attached hydrogens (tertiary/aromatic N) is 2. The summed E-state index contributed by atoms with van der Waals surface area (Å²) >= 11 is 5.95. The number of hydrogen-bond acceptors (Lipinski definition) is 5. The average Bonchev–Trinajstić information content (AvgIpc) is 3.21. The molecule has 0 aliphatic heterocycles. The second kappa shape index (κ2) is 10.1. The van der Waals surface area contributed by atoms with E-state index in [-0.39, 0.29) is 11.4 Å². The average molecular weight is 474 g/mol. The standard InChI is InChI=1S/C23H24ClN3O4S/c1-16-11-17(2)23(18(3)12-16)32(29,30)27(14-19-6-8-20(24)9-7-19)15-22(28)26-25-13-21-5-4-10-31-21/h4-13H,14-15H2,1-3H3,(H,26,28). The van der Waals surface area contributed by atoms with E-state index in [1.807, 2.05) is 19.1 Å². The molecular formula is C23H24ClN3O4S. The largest absolute Gasteiger partial charge is 0.463 e. The first-order chi connectivity index (χ1) is 15.2. The summed E-state index contributed by atoms with van der Waals surface area (Å²) in [6.07, 6.45) is 2.82. The molecule has 0 fully saturated rings. The minimum absolute atomic E-state index is 0.00156. The van der Waals surface area contributed by atoms with Gasteiger partial charge in [0.15, 0.2) is 0 Å². The third-order valence-corrected chi connectivity index (χ3v) is 7.07. The highest BCUT2D eigenvalue weighted by atomic mass is 35.5. The van der Waals surface area contributed by atoms with Gasteiger partial charge in [0.25, 0.3) is 5.91 Å². The molecule has 1 amide bonds. The van der Waals surface area contributed by atoms with Gasteiger partial charge in [-0.2, -0.15) is 9.41 Å². The van der Waals surface area contributed by atoms with Crippen molar-refractivity contribution in [3.8, 4) is 0 Å². The fourth-order valence-electron chi connectivity index (χ4n) is 3.45. The summed E-state index contributed by atoms with van der Waals surface area (Å²) in [5, 5.41) is 4.37. The number of nitrogens with one attached hydrogen (secondary N) is 1. The first-order valence-corrected chi connectivity index (χ1v) is 11.7. The van der Waals surface area contributed by atoms with Crippen molar-refractivity contribution >= 4 is 33.7 Å². The van der Waals surface area contributed by atoms with E-state index in [0.717, 1.165) is 9.87 Å². The third kappa shape index (κ3) is 5.85. The van der Waals surface area contributed by atoms with Crippen LogP contribution in [-0.4, -0.2) is 31.4 Å². The topological polar surface area (TPSA) is 92.0 Å². The van der Waals surface area contributed by atoms with E-state index < -0.39 is 22.5 Å². The molecule has 32 heavy (non-hydrogen) atoms. The van der Waals surface area contributed by atoms with E-state index >= 15 is 0 Å². The van der Waals surface area contributed by atoms with Gasteiger partial charge in [0.05, 0.1) is 23.9 Å². The van der Waals surface area contributed by atoms with E-state index in [0.29, 0.717) is 27.5 Å². The van der Waals surface area contributed by atoms with Crippen LogP contribution in [0.4, 0.5) is 0 Å². The smallest absolute Gasteiger partial charge is 0.255 e. The van der Waals surface area contributed by atoms with Crippen molar-refractivity contribution in [1.82, 2.24) is 9.73 Å². The predicted molar refractivity (Wildman–Crippen MR) is 124 cm³/mol. The summed E-state index contributed by atoms with van der Waals surface area (Å²) in [7, 11) is -3.98. The Morgan fingerprint density at radius 3 is 2.38 bits per heavy atom. The van der Waals surface area contributed by atoms with Crippen molar-refractivity contribution in [3.05, 3.63) is 87.8 Å². The van der Waals surface area contributed by atoms with Crippen LogP contribution in [0.3, 0.4) is 0 Å². The van der Waals surface area contributed by atoms with E-state index in [1.165, 1.54) is 12.5 Å². The van der Waals surface area contributed by atoms with Crippen molar-refractivity contribution in [1.29, 1.82) is 0 Å². The number of amides is 1. The summed E-state index contributed by atoms with van der Waals surface area (Å²) in [4.78, 5) is 12.7. The number of aryl methyl sites for hydroxylation is 3. The zero-order valence-corrected chi connectivity index (χ0v) is 19.6. The number of benzene rings is 2. The van der Waals surface area contributed by atoms with Gasteiger partial charge in [-0.1, -0.05) is 41.4 Å². The van der Waals surface area contributed by atoms with Gasteiger partial charge in [-0.25, -0.2) is 13.8 Å². The molecule has 3 rings (SSSR count). The van der Waals surface area contributed by atoms with Crippen LogP contribution in [0.15, 0.2) is 69.2 Å². The number of rotatable bonds is 8. The highest BCUT2D eigenvalue weighted by Gasteiger charge is 2.30. The molecule has 0 aliphatic rings. The molecule has 0 unspecified atom stereocenters. The normalized spacial score (nSPS) is 11.9. The Bertz CT molecular complexity index is 1200. The quantitative estimate of drug-likeness (QED) is 0.392. The number of carbonyl (C=O) groups excluding carboxylic acids is 1. The predicted octanol–water partition coefficient (Wildman–Crippen LogP) is 4.20. The molecule has 0 saturated heterocycles. The first-order valence-electron chi connectivity index (χ1n) is 9.84. The molecular weight excluding hydrogens is 450 g/mol. The van der Waals surface area contributed by atoms with Crippen molar-refractivity contribution < 1.29 is 17.6 Å². The minimum Gasteiger partial charge on any atom is -0.463 e. The van der Waals surface area contributed by atoms with Crippen LogP contribution < -0.4 is 5.43 Å². The fraction of sp³-hybridized carbons (Fsp3) is 0.217. The van der Waals surface area contributed by atoms with E-state index in [9.17, 15) is 13.2 Å². The van der Waals surface area contributed by atoms with Gasteiger partial charge in [0.2, 0.25) is 10.0 Å². The van der Waals surface area contributed by atoms with Crippen molar-refractivity contribution in [2.45, 2.75) is 32.2 Å². The lowest BCUT2D eigenvalue weighted by atomic mass is 10.1. The van der Waals surface area contributed by atoms with Gasteiger partial charge in [-0.05, 0) is 61.7 Å². The van der Waals surface area contributed by atoms with Crippen LogP contribution in [-0.2, 0) is 21.4 Å². The van der Waals surface area contributed by atoms with Crippen LogP contribution in [0, 0.1) is 20.8 Å². The van der Waals surface area contributed by atoms with E-state index in [4.69, 9.17) is 16.0 Å². The third-order valence-electron chi connectivity index (χ3n) is 4.72. The second-order valence-electron chi connectivity index (χ2n) is 7.44. The molecule has 3 aromatic rings. The molecule has 9 heteroatoms. The number of furan rings is 1. The Morgan fingerprint density at radius 2 is 1.78 bits per heavy atom. The Morgan fingerprint density at radius 1 is 1.12 bits per heavy atom. The zero-order valence-electron chi connectivity index (χ0n) is 18.0. The fourth-order valence-corrected chi connectivity index (χ4v) is 5.37. The molecule has 0 bridgehead atoms. The number of hydrogen-bond donors (Lipinski definition) is 1. The van der Waals surface area contributed by atoms with Crippen LogP contribution in [0.2, 0.25) is 5.02 Å². The summed E-state index contributed by atoms with van der Waals surface area (Å²) in [5.41, 5.74) is 5.27. The van der Waals surface area contributed by atoms with Gasteiger partial charge in [-0.15, -0.1) is 0 Å². The molecule has 0 saturated carbocycles. The minimum atomic E-state index is -3.98. The molecule has 0 aliphatic carbocycles.